The number of ether oxygens (including phenoxy) is 1. The zero-order valence-electron chi connectivity index (χ0n) is 9.24. The van der Waals surface area contributed by atoms with Crippen molar-refractivity contribution in [3.8, 4) is 0 Å². The second kappa shape index (κ2) is 4.10. The fourth-order valence-corrected chi connectivity index (χ4v) is 2.18. The van der Waals surface area contributed by atoms with Gasteiger partial charge in [-0.2, -0.15) is 0 Å². The van der Waals surface area contributed by atoms with E-state index in [0.717, 1.165) is 31.8 Å². The number of aliphatic hydroxyl groups excluding tert-OH is 1. The van der Waals surface area contributed by atoms with Crippen molar-refractivity contribution >= 4 is 5.91 Å². The number of nitrogens with zero attached hydrogens (tertiary/aromatic N) is 1. The maximum absolute atomic E-state index is 12.1. The van der Waals surface area contributed by atoms with Crippen LogP contribution in [0.25, 0.3) is 0 Å². The van der Waals surface area contributed by atoms with E-state index in [1.165, 1.54) is 0 Å². The van der Waals surface area contributed by atoms with E-state index in [0.29, 0.717) is 13.2 Å². The predicted octanol–water partition coefficient (Wildman–Crippen LogP) is 0.254. The minimum Gasteiger partial charge on any atom is -0.395 e. The largest absolute Gasteiger partial charge is 0.395 e. The van der Waals surface area contributed by atoms with Gasteiger partial charge in [0.15, 0.2) is 0 Å². The molecule has 0 bridgehead atoms. The minimum atomic E-state index is -0.611. The molecule has 86 valence electrons. The van der Waals surface area contributed by atoms with Gasteiger partial charge in [0, 0.05) is 13.1 Å². The number of rotatable bonds is 2. The number of amides is 1. The summed E-state index contributed by atoms with van der Waals surface area (Å²) in [5.74, 6) is 0.805. The fraction of sp³-hybridized carbons (Fsp3) is 0.909. The molecule has 0 spiro atoms. The highest BCUT2D eigenvalue weighted by atomic mass is 16.5. The normalized spacial score (nSPS) is 26.1. The van der Waals surface area contributed by atoms with Gasteiger partial charge in [-0.25, -0.2) is 0 Å². The molecule has 0 aromatic carbocycles. The summed E-state index contributed by atoms with van der Waals surface area (Å²) in [4.78, 5) is 14.0. The van der Waals surface area contributed by atoms with Crippen LogP contribution in [-0.2, 0) is 9.53 Å². The van der Waals surface area contributed by atoms with Crippen molar-refractivity contribution in [1.82, 2.24) is 4.90 Å². The summed E-state index contributed by atoms with van der Waals surface area (Å²) < 4.78 is 5.05. The van der Waals surface area contributed by atoms with Crippen LogP contribution < -0.4 is 0 Å². The third-order valence-electron chi connectivity index (χ3n) is 3.58. The molecule has 1 N–H and O–H groups in total. The summed E-state index contributed by atoms with van der Waals surface area (Å²) in [5.41, 5.74) is -0.611. The molecule has 0 unspecified atom stereocenters. The molecular formula is C11H19NO3. The number of hydrogen-bond acceptors (Lipinski definition) is 3. The van der Waals surface area contributed by atoms with Crippen LogP contribution in [0.5, 0.6) is 0 Å². The lowest BCUT2D eigenvalue weighted by atomic mass is 9.84. The summed E-state index contributed by atoms with van der Waals surface area (Å²) in [5, 5.41) is 9.26. The van der Waals surface area contributed by atoms with Gasteiger partial charge in [-0.05, 0) is 18.8 Å². The van der Waals surface area contributed by atoms with Crippen molar-refractivity contribution in [2.75, 3.05) is 32.9 Å². The topological polar surface area (TPSA) is 49.8 Å². The molecule has 0 radical (unpaired) electrons. The molecule has 2 aliphatic heterocycles. The molecular weight excluding hydrogens is 194 g/mol. The molecule has 4 heteroatoms. The molecule has 2 heterocycles. The highest BCUT2D eigenvalue weighted by molar-refractivity contribution is 5.84. The van der Waals surface area contributed by atoms with Crippen LogP contribution in [0.2, 0.25) is 0 Å². The molecule has 1 amide bonds. The van der Waals surface area contributed by atoms with Crippen molar-refractivity contribution < 1.29 is 14.6 Å². The van der Waals surface area contributed by atoms with Gasteiger partial charge in [0.25, 0.3) is 0 Å². The predicted molar refractivity (Wildman–Crippen MR) is 55.3 cm³/mol. The van der Waals surface area contributed by atoms with Gasteiger partial charge >= 0.3 is 0 Å². The monoisotopic (exact) mass is 213 g/mol. The summed E-state index contributed by atoms with van der Waals surface area (Å²) in [6.07, 6.45) is 2.15. The smallest absolute Gasteiger partial charge is 0.235 e. The first kappa shape index (κ1) is 10.9. The zero-order valence-corrected chi connectivity index (χ0v) is 9.24. The SMILES string of the molecule is CC1CCN(C(=O)C2(CO)COC2)CC1. The van der Waals surface area contributed by atoms with E-state index >= 15 is 0 Å². The van der Waals surface area contributed by atoms with Gasteiger partial charge in [0.1, 0.15) is 5.41 Å². The summed E-state index contributed by atoms with van der Waals surface area (Å²) >= 11 is 0. The molecule has 2 saturated heterocycles. The Morgan fingerprint density at radius 1 is 1.47 bits per heavy atom. The lowest BCUT2D eigenvalue weighted by molar-refractivity contribution is -0.181. The van der Waals surface area contributed by atoms with Gasteiger partial charge in [0.2, 0.25) is 5.91 Å². The lowest BCUT2D eigenvalue weighted by Gasteiger charge is -2.43. The van der Waals surface area contributed by atoms with Crippen LogP contribution in [0.3, 0.4) is 0 Å². The van der Waals surface area contributed by atoms with Gasteiger partial charge in [-0.3, -0.25) is 4.79 Å². The molecule has 2 rings (SSSR count). The van der Waals surface area contributed by atoms with Crippen LogP contribution in [0.1, 0.15) is 19.8 Å². The highest BCUT2D eigenvalue weighted by Crippen LogP contribution is 2.31. The van der Waals surface area contributed by atoms with Crippen molar-refractivity contribution in [3.05, 3.63) is 0 Å². The second-order valence-corrected chi connectivity index (χ2v) is 4.91. The van der Waals surface area contributed by atoms with E-state index in [-0.39, 0.29) is 12.5 Å². The van der Waals surface area contributed by atoms with Crippen LogP contribution in [-0.4, -0.2) is 48.8 Å². The number of carbonyl (C=O) groups is 1. The van der Waals surface area contributed by atoms with E-state index in [1.807, 2.05) is 4.90 Å². The van der Waals surface area contributed by atoms with Crippen LogP contribution in [0, 0.1) is 11.3 Å². The highest BCUT2D eigenvalue weighted by Gasteiger charge is 2.47. The Labute approximate surface area is 90.2 Å². The van der Waals surface area contributed by atoms with Gasteiger partial charge in [0.05, 0.1) is 19.8 Å². The maximum Gasteiger partial charge on any atom is 0.235 e. The first-order valence-corrected chi connectivity index (χ1v) is 5.66. The molecule has 0 atom stereocenters. The maximum atomic E-state index is 12.1. The second-order valence-electron chi connectivity index (χ2n) is 4.91. The Bertz CT molecular complexity index is 237. The number of piperidine rings is 1. The van der Waals surface area contributed by atoms with E-state index in [9.17, 15) is 9.90 Å². The molecule has 0 saturated carbocycles. The van der Waals surface area contributed by atoms with Gasteiger partial charge in [-0.1, -0.05) is 6.92 Å². The molecule has 2 fully saturated rings. The fourth-order valence-electron chi connectivity index (χ4n) is 2.18. The minimum absolute atomic E-state index is 0.0854. The van der Waals surface area contributed by atoms with Crippen LogP contribution in [0.15, 0.2) is 0 Å². The average molecular weight is 213 g/mol. The Balaban J connectivity index is 1.95. The van der Waals surface area contributed by atoms with E-state index in [2.05, 4.69) is 6.92 Å². The zero-order chi connectivity index (χ0) is 10.9. The third-order valence-corrected chi connectivity index (χ3v) is 3.58. The molecule has 0 aromatic heterocycles. The van der Waals surface area contributed by atoms with E-state index in [1.54, 1.807) is 0 Å². The quantitative estimate of drug-likeness (QED) is 0.715. The molecule has 2 aliphatic rings. The summed E-state index contributed by atoms with van der Waals surface area (Å²) in [7, 11) is 0. The standard InChI is InChI=1S/C11H19NO3/c1-9-2-4-12(5-3-9)10(14)11(6-13)7-15-8-11/h9,13H,2-8H2,1H3. The van der Waals surface area contributed by atoms with Crippen molar-refractivity contribution in [3.63, 3.8) is 0 Å². The van der Waals surface area contributed by atoms with Crippen molar-refractivity contribution in [1.29, 1.82) is 0 Å². The number of carbonyl (C=O) groups excluding carboxylic acids is 1. The first-order chi connectivity index (χ1) is 7.18. The van der Waals surface area contributed by atoms with Crippen molar-refractivity contribution in [2.45, 2.75) is 19.8 Å². The average Bonchev–Trinajstić information content (AvgIpc) is 2.18. The summed E-state index contributed by atoms with van der Waals surface area (Å²) in [6.45, 7) is 4.57. The Morgan fingerprint density at radius 2 is 2.07 bits per heavy atom. The van der Waals surface area contributed by atoms with Gasteiger partial charge in [-0.15, -0.1) is 0 Å². The molecule has 15 heavy (non-hydrogen) atoms. The first-order valence-electron chi connectivity index (χ1n) is 5.66. The van der Waals surface area contributed by atoms with Gasteiger partial charge < -0.3 is 14.7 Å². The van der Waals surface area contributed by atoms with E-state index in [4.69, 9.17) is 4.74 Å². The molecule has 0 aliphatic carbocycles. The Hall–Kier alpha value is -0.610. The molecule has 4 nitrogen and oxygen atoms in total. The Morgan fingerprint density at radius 3 is 2.47 bits per heavy atom. The van der Waals surface area contributed by atoms with Crippen LogP contribution >= 0.6 is 0 Å². The summed E-state index contributed by atoms with van der Waals surface area (Å²) in [6, 6.07) is 0. The molecule has 0 aromatic rings. The van der Waals surface area contributed by atoms with Crippen LogP contribution in [0.4, 0.5) is 0 Å². The third kappa shape index (κ3) is 1.88. The number of aliphatic hydroxyl groups is 1. The number of likely N-dealkylation sites (tertiary alicyclic amines) is 1. The van der Waals surface area contributed by atoms with Crippen molar-refractivity contribution in [2.24, 2.45) is 11.3 Å². The lowest BCUT2D eigenvalue weighted by Crippen LogP contribution is -2.58. The van der Waals surface area contributed by atoms with E-state index < -0.39 is 5.41 Å². The number of hydrogen-bond donors (Lipinski definition) is 1. The Kier molecular flexibility index (Phi) is 2.98.